The van der Waals surface area contributed by atoms with Gasteiger partial charge in [-0.3, -0.25) is 14.4 Å². The van der Waals surface area contributed by atoms with Crippen LogP contribution in [0.3, 0.4) is 0 Å². The molecule has 27 heavy (non-hydrogen) atoms. The van der Waals surface area contributed by atoms with E-state index in [4.69, 9.17) is 5.11 Å². The van der Waals surface area contributed by atoms with E-state index in [9.17, 15) is 24.6 Å². The molecular formula is C21H32O6. The van der Waals surface area contributed by atoms with Gasteiger partial charge in [0.25, 0.3) is 0 Å². The van der Waals surface area contributed by atoms with Crippen molar-refractivity contribution >= 4 is 17.5 Å². The van der Waals surface area contributed by atoms with Gasteiger partial charge in [-0.1, -0.05) is 31.4 Å². The zero-order valence-electron chi connectivity index (χ0n) is 15.9. The van der Waals surface area contributed by atoms with Crippen LogP contribution >= 0.6 is 0 Å². The Bertz CT molecular complexity index is 549. The summed E-state index contributed by atoms with van der Waals surface area (Å²) in [5, 5.41) is 29.2. The van der Waals surface area contributed by atoms with Gasteiger partial charge in [-0.25, -0.2) is 0 Å². The van der Waals surface area contributed by atoms with Crippen LogP contribution in [0.5, 0.6) is 0 Å². The molecule has 0 saturated heterocycles. The molecule has 152 valence electrons. The monoisotopic (exact) mass is 380 g/mol. The van der Waals surface area contributed by atoms with Crippen LogP contribution in [0.25, 0.3) is 0 Å². The molecule has 6 heteroatoms. The number of aliphatic carboxylic acids is 1. The van der Waals surface area contributed by atoms with Gasteiger partial charge in [-0.2, -0.15) is 0 Å². The van der Waals surface area contributed by atoms with E-state index in [1.165, 1.54) is 6.42 Å². The molecule has 0 bridgehead atoms. The lowest BCUT2D eigenvalue weighted by Gasteiger charge is -2.25. The molecule has 2 saturated carbocycles. The standard InChI is InChI=1S/C21H32O6/c22-15(8-4-5-9-21(26)27)12-17-16(19(24)13-20(17)25)10-11-18(23)14-6-2-1-3-7-14/h10-11,14,16-19,23-24H,1-9,12-13H2,(H,26,27)/b11-10+/t16-,17-,18-,19-/m1/s1. The van der Waals surface area contributed by atoms with Crippen LogP contribution < -0.4 is 0 Å². The SMILES string of the molecule is O=C(O)CCCCC(=O)C[C@H]1C(=O)C[C@@H](O)[C@@H]1/C=C/[C@@H](O)C1CCCCC1. The number of carbonyl (C=O) groups excluding carboxylic acids is 2. The first kappa shape index (κ1) is 21.8. The fourth-order valence-electron chi connectivity index (χ4n) is 4.31. The van der Waals surface area contributed by atoms with Gasteiger partial charge >= 0.3 is 5.97 Å². The van der Waals surface area contributed by atoms with Crippen LogP contribution in [0.2, 0.25) is 0 Å². The summed E-state index contributed by atoms with van der Waals surface area (Å²) in [6.45, 7) is 0. The van der Waals surface area contributed by atoms with E-state index in [0.717, 1.165) is 25.7 Å². The zero-order chi connectivity index (χ0) is 19.8. The largest absolute Gasteiger partial charge is 0.481 e. The molecule has 2 fully saturated rings. The quantitative estimate of drug-likeness (QED) is 0.397. The second kappa shape index (κ2) is 10.7. The highest BCUT2D eigenvalue weighted by atomic mass is 16.4. The van der Waals surface area contributed by atoms with E-state index >= 15 is 0 Å². The Kier molecular flexibility index (Phi) is 8.64. The molecular weight excluding hydrogens is 348 g/mol. The summed E-state index contributed by atoms with van der Waals surface area (Å²) < 4.78 is 0. The minimum atomic E-state index is -0.877. The first-order valence-corrected chi connectivity index (χ1v) is 10.2. The van der Waals surface area contributed by atoms with E-state index in [-0.39, 0.29) is 43.2 Å². The Balaban J connectivity index is 1.87. The summed E-state index contributed by atoms with van der Waals surface area (Å²) in [4.78, 5) is 34.9. The summed E-state index contributed by atoms with van der Waals surface area (Å²) in [6, 6.07) is 0. The Morgan fingerprint density at radius 3 is 2.44 bits per heavy atom. The number of hydrogen-bond acceptors (Lipinski definition) is 5. The second-order valence-corrected chi connectivity index (χ2v) is 8.04. The Morgan fingerprint density at radius 2 is 1.78 bits per heavy atom. The van der Waals surface area contributed by atoms with Crippen molar-refractivity contribution in [2.45, 2.75) is 82.8 Å². The van der Waals surface area contributed by atoms with E-state index in [0.29, 0.717) is 12.8 Å². The minimum absolute atomic E-state index is 0.0404. The third-order valence-electron chi connectivity index (χ3n) is 5.94. The van der Waals surface area contributed by atoms with E-state index in [1.54, 1.807) is 12.2 Å². The molecule has 0 aromatic rings. The van der Waals surface area contributed by atoms with Gasteiger partial charge in [-0.15, -0.1) is 0 Å². The molecule has 0 aliphatic heterocycles. The summed E-state index contributed by atoms with van der Waals surface area (Å²) in [7, 11) is 0. The number of carbonyl (C=O) groups is 3. The molecule has 0 aromatic carbocycles. The van der Waals surface area contributed by atoms with Gasteiger partial charge in [0.2, 0.25) is 0 Å². The zero-order valence-corrected chi connectivity index (χ0v) is 15.9. The Labute approximate surface area is 160 Å². The second-order valence-electron chi connectivity index (χ2n) is 8.04. The van der Waals surface area contributed by atoms with Crippen molar-refractivity contribution < 1.29 is 29.7 Å². The molecule has 2 aliphatic carbocycles. The first-order chi connectivity index (χ1) is 12.9. The molecule has 2 aliphatic rings. The van der Waals surface area contributed by atoms with E-state index in [1.807, 2.05) is 0 Å². The van der Waals surface area contributed by atoms with Crippen LogP contribution in [0, 0.1) is 17.8 Å². The molecule has 0 amide bonds. The predicted molar refractivity (Wildman–Crippen MR) is 100 cm³/mol. The first-order valence-electron chi connectivity index (χ1n) is 10.2. The van der Waals surface area contributed by atoms with Gasteiger partial charge in [0.15, 0.2) is 0 Å². The van der Waals surface area contributed by atoms with Crippen LogP contribution in [0.15, 0.2) is 12.2 Å². The topological polar surface area (TPSA) is 112 Å². The van der Waals surface area contributed by atoms with Gasteiger partial charge < -0.3 is 15.3 Å². The molecule has 3 N–H and O–H groups in total. The highest BCUT2D eigenvalue weighted by molar-refractivity contribution is 5.90. The maximum absolute atomic E-state index is 12.2. The number of rotatable bonds is 10. The van der Waals surface area contributed by atoms with Crippen molar-refractivity contribution in [3.8, 4) is 0 Å². The van der Waals surface area contributed by atoms with Crippen LogP contribution in [-0.4, -0.2) is 45.1 Å². The molecule has 0 unspecified atom stereocenters. The molecule has 2 rings (SSSR count). The minimum Gasteiger partial charge on any atom is -0.481 e. The maximum atomic E-state index is 12.2. The number of ketones is 2. The van der Waals surface area contributed by atoms with Crippen LogP contribution in [0.1, 0.15) is 70.6 Å². The van der Waals surface area contributed by atoms with Crippen molar-refractivity contribution in [3.05, 3.63) is 12.2 Å². The van der Waals surface area contributed by atoms with Gasteiger partial charge in [0, 0.05) is 37.5 Å². The van der Waals surface area contributed by atoms with E-state index < -0.39 is 30.0 Å². The number of hydrogen-bond donors (Lipinski definition) is 3. The Morgan fingerprint density at radius 1 is 1.11 bits per heavy atom. The molecule has 0 spiro atoms. The third-order valence-corrected chi connectivity index (χ3v) is 5.94. The molecule has 4 atom stereocenters. The highest BCUT2D eigenvalue weighted by Crippen LogP contribution is 2.34. The van der Waals surface area contributed by atoms with Crippen molar-refractivity contribution in [2.24, 2.45) is 17.8 Å². The molecule has 0 radical (unpaired) electrons. The highest BCUT2D eigenvalue weighted by Gasteiger charge is 2.41. The normalized spacial score (nSPS) is 27.9. The van der Waals surface area contributed by atoms with Crippen LogP contribution in [0.4, 0.5) is 0 Å². The summed E-state index contributed by atoms with van der Waals surface area (Å²) in [6.07, 6.45) is 8.87. The van der Waals surface area contributed by atoms with Crippen molar-refractivity contribution in [2.75, 3.05) is 0 Å². The lowest BCUT2D eigenvalue weighted by atomic mass is 9.83. The van der Waals surface area contributed by atoms with E-state index in [2.05, 4.69) is 0 Å². The summed E-state index contributed by atoms with van der Waals surface area (Å²) in [5.74, 6) is -1.79. The van der Waals surface area contributed by atoms with Gasteiger partial charge in [-0.05, 0) is 31.6 Å². The number of aliphatic hydroxyl groups is 2. The van der Waals surface area contributed by atoms with Crippen molar-refractivity contribution in [3.63, 3.8) is 0 Å². The lowest BCUT2D eigenvalue weighted by Crippen LogP contribution is -2.24. The van der Waals surface area contributed by atoms with Crippen molar-refractivity contribution in [1.29, 1.82) is 0 Å². The van der Waals surface area contributed by atoms with Crippen LogP contribution in [-0.2, 0) is 14.4 Å². The molecule has 0 heterocycles. The molecule has 6 nitrogen and oxygen atoms in total. The number of carboxylic acid groups (broad SMARTS) is 1. The number of aliphatic hydroxyl groups excluding tert-OH is 2. The van der Waals surface area contributed by atoms with Gasteiger partial charge in [0.05, 0.1) is 12.2 Å². The predicted octanol–water partition coefficient (Wildman–Crippen LogP) is 2.65. The average Bonchev–Trinajstić information content (AvgIpc) is 2.90. The smallest absolute Gasteiger partial charge is 0.303 e. The fourth-order valence-corrected chi connectivity index (χ4v) is 4.31. The van der Waals surface area contributed by atoms with Gasteiger partial charge in [0.1, 0.15) is 11.6 Å². The number of unbranched alkanes of at least 4 members (excludes halogenated alkanes) is 1. The third kappa shape index (κ3) is 6.85. The molecule has 0 aromatic heterocycles. The maximum Gasteiger partial charge on any atom is 0.303 e. The average molecular weight is 380 g/mol. The number of carboxylic acids is 1. The summed E-state index contributed by atoms with van der Waals surface area (Å²) >= 11 is 0. The summed E-state index contributed by atoms with van der Waals surface area (Å²) in [5.41, 5.74) is 0. The lowest BCUT2D eigenvalue weighted by molar-refractivity contribution is -0.137. The fraction of sp³-hybridized carbons (Fsp3) is 0.762. The number of Topliss-reactive ketones (excluding diaryl/α,β-unsaturated/α-hetero) is 2. The Hall–Kier alpha value is -1.53. The van der Waals surface area contributed by atoms with Crippen molar-refractivity contribution in [1.82, 2.24) is 0 Å².